The van der Waals surface area contributed by atoms with Crippen molar-refractivity contribution in [2.24, 2.45) is 0 Å². The number of carbonyl (C=O) groups is 5. The van der Waals surface area contributed by atoms with Gasteiger partial charge >= 0.3 is 11.9 Å². The van der Waals surface area contributed by atoms with E-state index in [0.29, 0.717) is 103 Å². The number of aromatic nitrogens is 1. The Hall–Kier alpha value is -14.0. The number of rotatable bonds is 44. The molecule has 788 valence electrons. The summed E-state index contributed by atoms with van der Waals surface area (Å²) in [7, 11) is 6.88. The van der Waals surface area contributed by atoms with E-state index >= 15 is 0 Å². The first-order chi connectivity index (χ1) is 71.5. The minimum atomic E-state index is -3.80. The van der Waals surface area contributed by atoms with E-state index in [1.807, 2.05) is 212 Å². The average molecular weight is 2170 g/mol. The number of para-hydroxylation sites is 5. The number of hydrogen-bond acceptors (Lipinski definition) is 25. The van der Waals surface area contributed by atoms with Crippen LogP contribution in [0.5, 0.6) is 46.0 Å². The fourth-order valence-electron chi connectivity index (χ4n) is 15.4. The van der Waals surface area contributed by atoms with Gasteiger partial charge in [0.15, 0.2) is 29.1 Å². The number of halogens is 2. The van der Waals surface area contributed by atoms with Crippen LogP contribution in [0, 0.1) is 44.7 Å². The molecule has 0 saturated heterocycles. The number of thiophene rings is 1. The molecule has 0 aliphatic heterocycles. The quantitative estimate of drug-likeness (QED) is 0.00778. The van der Waals surface area contributed by atoms with Gasteiger partial charge in [0.1, 0.15) is 60.9 Å². The van der Waals surface area contributed by atoms with E-state index in [1.54, 1.807) is 133 Å². The van der Waals surface area contributed by atoms with Crippen LogP contribution in [0.15, 0.2) is 287 Å². The number of anilines is 3. The number of ether oxygens (including phenoxy) is 11. The van der Waals surface area contributed by atoms with Crippen LogP contribution >= 0.6 is 50.6 Å². The number of nitrogens with zero attached hydrogens (tertiary/aromatic N) is 4. The highest BCUT2D eigenvalue weighted by Crippen LogP contribution is 2.37. The molecule has 2 aromatic heterocycles. The number of likely N-dealkylation sites (N-methyl/N-ethyl adjacent to an activating group) is 2. The monoisotopic (exact) mass is 2170 g/mol. The summed E-state index contributed by atoms with van der Waals surface area (Å²) < 4.78 is 91.9. The van der Waals surface area contributed by atoms with E-state index in [4.69, 9.17) is 63.7 Å². The second-order valence-electron chi connectivity index (χ2n) is 35.4. The molecule has 14 aromatic rings. The van der Waals surface area contributed by atoms with Gasteiger partial charge in [0, 0.05) is 116 Å². The van der Waals surface area contributed by atoms with Gasteiger partial charge in [-0.05, 0) is 273 Å². The number of thioether (sulfide) groups is 1. The maximum Gasteiger partial charge on any atom is 0.340 e. The summed E-state index contributed by atoms with van der Waals surface area (Å²) in [6.07, 6.45) is -0.828. The van der Waals surface area contributed by atoms with E-state index in [9.17, 15) is 42.5 Å². The molecule has 2 atom stereocenters. The first kappa shape index (κ1) is 117. The standard InChI is InChI=1S/C27H31N3O3.C27H30O4S.C23H25ClN2O3S.C20H25BrN2O4S.C18H20N2O6/c1-5-30-23-10-8-7-9-21(23)22-16-20(12-13-24(22)30)28-27(31)18-29(3)17-19-11-14-25(33-6-2)26(15-19)32-4;1-19-9-7-10-20(2)25(19)29-15-16-31-27(28)23-13-5-6-14-24(23)32-18-17-30-26-21(3)11-8-12-22(26)4;1-26(2)19(22-9-6-12-30-22)14-25-23(27)16-10-11-20(21(13-16)28-3)29-15-17-7-4-5-8-18(17)24;1-13-10-11-17(15(21)12-13)27-14(2)19(24)22-16-8-6-7-9-18(16)28(25,26)23-20(3,4)5;1-24-10-9-19-17-8-7-14(20(22)23)13-16(17)18(21)26-12-11-25-15-5-3-2-4-6-15/h7-16H,5-6,17-18H2,1-4H3,(H,28,31);5-14H,15-18H2,1-4H3;4-13,19H,14-15H2,1-3H3,(H,25,27);6-12,14,23H,1-5H3,(H,22,24);2-8,13,19H,9-12H2,1H3. The third kappa shape index (κ3) is 35.9. The van der Waals surface area contributed by atoms with Crippen molar-refractivity contribution in [3.8, 4) is 46.0 Å². The van der Waals surface area contributed by atoms with Gasteiger partial charge in [0.05, 0.1) is 72.8 Å². The van der Waals surface area contributed by atoms with Crippen LogP contribution in [-0.2, 0) is 53.5 Å². The second-order valence-corrected chi connectivity index (χ2v) is 40.5. The zero-order valence-electron chi connectivity index (χ0n) is 87.0. The summed E-state index contributed by atoms with van der Waals surface area (Å²) in [6, 6.07) is 81.8. The van der Waals surface area contributed by atoms with Crippen molar-refractivity contribution < 1.29 is 89.4 Å². The Bertz CT molecular complexity index is 6870. The zero-order chi connectivity index (χ0) is 108. The third-order valence-electron chi connectivity index (χ3n) is 22.6. The van der Waals surface area contributed by atoms with E-state index in [1.165, 1.54) is 45.6 Å². The van der Waals surface area contributed by atoms with Gasteiger partial charge in [-0.1, -0.05) is 145 Å². The number of nitro groups is 1. The molecule has 5 N–H and O–H groups in total. The normalized spacial score (nSPS) is 11.4. The van der Waals surface area contributed by atoms with Gasteiger partial charge in [-0.2, -0.15) is 0 Å². The van der Waals surface area contributed by atoms with Crippen molar-refractivity contribution in [2.45, 2.75) is 123 Å². The Labute approximate surface area is 894 Å². The molecule has 2 heterocycles. The molecular weight excluding hydrogens is 2040 g/mol. The summed E-state index contributed by atoms with van der Waals surface area (Å²) in [5, 5.41) is 27.7. The van der Waals surface area contributed by atoms with Crippen LogP contribution in [0.2, 0.25) is 5.02 Å². The molecule has 0 radical (unpaired) electrons. The number of aryl methyl sites for hydroxylation is 6. The number of amides is 3. The SMILES string of the molecule is CCOc1ccc(CN(C)CC(=O)Nc2ccc3c(c2)c2ccccc2n3CC)cc1OC.COCCNc1ccc([N+](=O)[O-])cc1C(=O)OCCOc1ccccc1.COc1cc(C(=O)NCC(c2cccs2)N(C)C)ccc1OCc1ccccc1Cl.Cc1ccc(OC(C)C(=O)Nc2ccccc2S(=O)(=O)NC(C)(C)C)c(Br)c1.Cc1cccc(C)c1OCCOC(=O)c1ccccc1SCCOc1c(C)cccc1C. The van der Waals surface area contributed by atoms with E-state index in [0.717, 1.165) is 88.9 Å². The first-order valence-corrected chi connectivity index (χ1v) is 52.8. The van der Waals surface area contributed by atoms with Crippen molar-refractivity contribution in [2.75, 3.05) is 130 Å². The Morgan fingerprint density at radius 1 is 0.577 bits per heavy atom. The summed E-state index contributed by atoms with van der Waals surface area (Å²) in [4.78, 5) is 79.5. The van der Waals surface area contributed by atoms with Gasteiger partial charge in [0.25, 0.3) is 17.5 Å². The van der Waals surface area contributed by atoms with Crippen LogP contribution in [-0.4, -0.2) is 183 Å². The molecule has 0 spiro atoms. The number of nitrogens with one attached hydrogen (secondary N) is 5. The highest BCUT2D eigenvalue weighted by Gasteiger charge is 2.29. The minimum Gasteiger partial charge on any atom is -0.493 e. The Morgan fingerprint density at radius 2 is 1.19 bits per heavy atom. The number of benzene rings is 12. The number of non-ortho nitro benzene ring substituents is 1. The summed E-state index contributed by atoms with van der Waals surface area (Å²) in [5.74, 6) is 4.53. The molecule has 14 rings (SSSR count). The number of sulfonamides is 1. The first-order valence-electron chi connectivity index (χ1n) is 48.3. The average Bonchev–Trinajstić information content (AvgIpc) is 1.61. The lowest BCUT2D eigenvalue weighted by molar-refractivity contribution is -0.384. The molecule has 0 aliphatic rings. The number of fused-ring (bicyclic) bond motifs is 3. The van der Waals surface area contributed by atoms with E-state index in [-0.39, 0.29) is 72.0 Å². The van der Waals surface area contributed by atoms with E-state index in [2.05, 4.69) is 101 Å². The van der Waals surface area contributed by atoms with Crippen molar-refractivity contribution in [3.63, 3.8) is 0 Å². The number of methoxy groups -OCH3 is 3. The maximum absolute atomic E-state index is 12.7. The van der Waals surface area contributed by atoms with Gasteiger partial charge in [-0.15, -0.1) is 23.1 Å². The number of nitro benzene ring substituents is 1. The van der Waals surface area contributed by atoms with Crippen LogP contribution in [0.25, 0.3) is 21.8 Å². The van der Waals surface area contributed by atoms with Crippen LogP contribution in [0.3, 0.4) is 0 Å². The minimum absolute atomic E-state index is 0.00184. The third-order valence-corrected chi connectivity index (χ3v) is 27.4. The number of esters is 2. The largest absolute Gasteiger partial charge is 0.493 e. The Balaban J connectivity index is 0.000000191. The van der Waals surface area contributed by atoms with Crippen molar-refractivity contribution >= 4 is 135 Å². The molecule has 0 bridgehead atoms. The second kappa shape index (κ2) is 58.7. The van der Waals surface area contributed by atoms with Crippen molar-refractivity contribution in [1.29, 1.82) is 0 Å². The maximum atomic E-state index is 12.7. The molecule has 3 amide bonds. The lowest BCUT2D eigenvalue weighted by atomic mass is 10.1. The smallest absolute Gasteiger partial charge is 0.340 e. The number of hydrogen-bond donors (Lipinski definition) is 5. The lowest BCUT2D eigenvalue weighted by Crippen LogP contribution is -2.41. The van der Waals surface area contributed by atoms with Gasteiger partial charge in [0.2, 0.25) is 15.9 Å². The molecular formula is C115H131BrClN9O20S3. The van der Waals surface area contributed by atoms with Crippen LogP contribution < -0.4 is 63.9 Å². The molecule has 149 heavy (non-hydrogen) atoms. The highest BCUT2D eigenvalue weighted by atomic mass is 79.9. The molecule has 0 aliphatic carbocycles. The summed E-state index contributed by atoms with van der Waals surface area (Å²) in [6.45, 7) is 26.4. The lowest BCUT2D eigenvalue weighted by Gasteiger charge is -2.23. The highest BCUT2D eigenvalue weighted by molar-refractivity contribution is 9.10. The summed E-state index contributed by atoms with van der Waals surface area (Å²) >= 11 is 12.9. The van der Waals surface area contributed by atoms with Crippen molar-refractivity contribution in [3.05, 3.63) is 352 Å². The predicted molar refractivity (Wildman–Crippen MR) is 596 cm³/mol. The fourth-order valence-corrected chi connectivity index (χ4v) is 19.6. The van der Waals surface area contributed by atoms with Gasteiger partial charge < -0.3 is 82.8 Å². The summed E-state index contributed by atoms with van der Waals surface area (Å²) in [5.41, 5.74) is 11.6. The van der Waals surface area contributed by atoms with Gasteiger partial charge in [-0.3, -0.25) is 29.4 Å². The molecule has 34 heteroatoms. The van der Waals surface area contributed by atoms with E-state index < -0.39 is 38.5 Å². The fraction of sp³-hybridized carbons (Fsp3) is 0.296. The zero-order valence-corrected chi connectivity index (χ0v) is 91.8. The molecule has 0 fully saturated rings. The van der Waals surface area contributed by atoms with Crippen LogP contribution in [0.4, 0.5) is 22.7 Å². The predicted octanol–water partition coefficient (Wildman–Crippen LogP) is 23.8. The Kier molecular flexibility index (Phi) is 46.0. The molecule has 29 nitrogen and oxygen atoms in total. The molecule has 0 saturated carbocycles. The van der Waals surface area contributed by atoms with Crippen molar-refractivity contribution in [1.82, 2.24) is 24.4 Å². The van der Waals surface area contributed by atoms with Crippen LogP contribution in [0.1, 0.15) is 122 Å². The number of carbonyl (C=O) groups excluding carboxylic acids is 5. The van der Waals surface area contributed by atoms with Gasteiger partial charge in [-0.25, -0.2) is 22.7 Å². The Morgan fingerprint density at radius 3 is 1.85 bits per heavy atom. The molecule has 2 unspecified atom stereocenters. The molecule has 12 aromatic carbocycles. The topological polar surface area (TPSA) is 336 Å².